The summed E-state index contributed by atoms with van der Waals surface area (Å²) >= 11 is 0. The molecule has 1 saturated heterocycles. The standard InChI is InChI=1S/C22H23N3O3/c26-25(27)20-8-4-7-19(15-20)22-10-9-21(28-22)17-24-13-11-23(12-14-24)16-18-5-2-1-3-6-18/h1-10,15H,11-14,16-17H2. The van der Waals surface area contributed by atoms with E-state index >= 15 is 0 Å². The van der Waals surface area contributed by atoms with E-state index in [1.165, 1.54) is 11.6 Å². The van der Waals surface area contributed by atoms with E-state index in [1.807, 2.05) is 24.3 Å². The van der Waals surface area contributed by atoms with Crippen LogP contribution in [0.4, 0.5) is 5.69 Å². The minimum absolute atomic E-state index is 0.0741. The third-order valence-electron chi connectivity index (χ3n) is 5.10. The Morgan fingerprint density at radius 3 is 2.29 bits per heavy atom. The van der Waals surface area contributed by atoms with Crippen LogP contribution in [0.25, 0.3) is 11.3 Å². The first kappa shape index (κ1) is 18.4. The Hall–Kier alpha value is -2.96. The quantitative estimate of drug-likeness (QED) is 0.476. The Morgan fingerprint density at radius 1 is 0.857 bits per heavy atom. The van der Waals surface area contributed by atoms with Gasteiger partial charge in [0, 0.05) is 50.4 Å². The van der Waals surface area contributed by atoms with Gasteiger partial charge in [0.2, 0.25) is 0 Å². The highest BCUT2D eigenvalue weighted by Gasteiger charge is 2.18. The van der Waals surface area contributed by atoms with Crippen LogP contribution in [0.2, 0.25) is 0 Å². The average Bonchev–Trinajstić information content (AvgIpc) is 3.19. The number of furan rings is 1. The fraction of sp³-hybridized carbons (Fsp3) is 0.273. The highest BCUT2D eigenvalue weighted by Crippen LogP contribution is 2.26. The summed E-state index contributed by atoms with van der Waals surface area (Å²) < 4.78 is 5.95. The van der Waals surface area contributed by atoms with E-state index in [9.17, 15) is 10.1 Å². The maximum absolute atomic E-state index is 11.0. The largest absolute Gasteiger partial charge is 0.460 e. The summed E-state index contributed by atoms with van der Waals surface area (Å²) in [6, 6.07) is 21.0. The van der Waals surface area contributed by atoms with Crippen LogP contribution in [0.15, 0.2) is 71.1 Å². The van der Waals surface area contributed by atoms with Crippen LogP contribution in [0, 0.1) is 10.1 Å². The van der Waals surface area contributed by atoms with Crippen LogP contribution in [0.5, 0.6) is 0 Å². The fourth-order valence-corrected chi connectivity index (χ4v) is 3.56. The average molecular weight is 377 g/mol. The number of benzene rings is 2. The lowest BCUT2D eigenvalue weighted by atomic mass is 10.1. The molecule has 0 amide bonds. The zero-order valence-electron chi connectivity index (χ0n) is 15.7. The number of non-ortho nitro benzene ring substituents is 1. The van der Waals surface area contributed by atoms with E-state index < -0.39 is 0 Å². The van der Waals surface area contributed by atoms with Gasteiger partial charge in [-0.2, -0.15) is 0 Å². The molecule has 2 aromatic carbocycles. The monoisotopic (exact) mass is 377 g/mol. The van der Waals surface area contributed by atoms with E-state index in [0.717, 1.165) is 50.6 Å². The van der Waals surface area contributed by atoms with Gasteiger partial charge in [-0.05, 0) is 17.7 Å². The summed E-state index contributed by atoms with van der Waals surface area (Å²) in [5.74, 6) is 1.56. The Morgan fingerprint density at radius 2 is 1.57 bits per heavy atom. The van der Waals surface area contributed by atoms with Crippen molar-refractivity contribution in [2.24, 2.45) is 0 Å². The van der Waals surface area contributed by atoms with Gasteiger partial charge >= 0.3 is 0 Å². The molecule has 0 aliphatic carbocycles. The van der Waals surface area contributed by atoms with Gasteiger partial charge in [0.1, 0.15) is 11.5 Å². The van der Waals surface area contributed by atoms with E-state index in [-0.39, 0.29) is 10.6 Å². The van der Waals surface area contributed by atoms with Crippen LogP contribution in [0.1, 0.15) is 11.3 Å². The van der Waals surface area contributed by atoms with Crippen LogP contribution >= 0.6 is 0 Å². The van der Waals surface area contributed by atoms with Crippen molar-refractivity contribution in [2.75, 3.05) is 26.2 Å². The molecule has 0 bridgehead atoms. The molecule has 28 heavy (non-hydrogen) atoms. The van der Waals surface area contributed by atoms with Crippen LogP contribution in [-0.4, -0.2) is 40.9 Å². The van der Waals surface area contributed by atoms with Crippen molar-refractivity contribution >= 4 is 5.69 Å². The second-order valence-electron chi connectivity index (χ2n) is 7.11. The van der Waals surface area contributed by atoms with Crippen molar-refractivity contribution in [1.29, 1.82) is 0 Å². The Bertz CT molecular complexity index is 931. The van der Waals surface area contributed by atoms with Gasteiger partial charge < -0.3 is 4.42 Å². The lowest BCUT2D eigenvalue weighted by Crippen LogP contribution is -2.45. The lowest BCUT2D eigenvalue weighted by molar-refractivity contribution is -0.384. The number of nitrogens with zero attached hydrogens (tertiary/aromatic N) is 3. The minimum atomic E-state index is -0.387. The summed E-state index contributed by atoms with van der Waals surface area (Å²) in [4.78, 5) is 15.4. The number of hydrogen-bond donors (Lipinski definition) is 0. The van der Waals surface area contributed by atoms with Gasteiger partial charge in [-0.25, -0.2) is 0 Å². The molecule has 6 nitrogen and oxygen atoms in total. The molecule has 1 aliphatic heterocycles. The highest BCUT2D eigenvalue weighted by molar-refractivity contribution is 5.61. The molecule has 0 radical (unpaired) electrons. The summed E-state index contributed by atoms with van der Waals surface area (Å²) in [6.07, 6.45) is 0. The molecule has 144 valence electrons. The fourth-order valence-electron chi connectivity index (χ4n) is 3.56. The summed E-state index contributed by atoms with van der Waals surface area (Å²) in [7, 11) is 0. The smallest absolute Gasteiger partial charge is 0.270 e. The van der Waals surface area contributed by atoms with Crippen molar-refractivity contribution in [3.63, 3.8) is 0 Å². The number of hydrogen-bond acceptors (Lipinski definition) is 5. The summed E-state index contributed by atoms with van der Waals surface area (Å²) in [5, 5.41) is 11.0. The van der Waals surface area contributed by atoms with Crippen molar-refractivity contribution in [2.45, 2.75) is 13.1 Å². The van der Waals surface area contributed by atoms with Gasteiger partial charge in [0.25, 0.3) is 5.69 Å². The molecule has 0 unspecified atom stereocenters. The van der Waals surface area contributed by atoms with Gasteiger partial charge in [0.15, 0.2) is 0 Å². The Balaban J connectivity index is 1.33. The summed E-state index contributed by atoms with van der Waals surface area (Å²) in [6.45, 7) is 5.82. The SMILES string of the molecule is O=[N+]([O-])c1cccc(-c2ccc(CN3CCN(Cc4ccccc4)CC3)o2)c1. The molecule has 1 aromatic heterocycles. The molecule has 0 atom stereocenters. The predicted octanol–water partition coefficient (Wildman–Crippen LogP) is 4.17. The van der Waals surface area contributed by atoms with Gasteiger partial charge in [0.05, 0.1) is 11.5 Å². The molecule has 6 heteroatoms. The first-order valence-electron chi connectivity index (χ1n) is 9.49. The molecule has 1 aliphatic rings. The molecule has 0 spiro atoms. The van der Waals surface area contributed by atoms with Crippen molar-refractivity contribution < 1.29 is 9.34 Å². The third kappa shape index (κ3) is 4.47. The van der Waals surface area contributed by atoms with E-state index in [4.69, 9.17) is 4.42 Å². The van der Waals surface area contributed by atoms with Crippen molar-refractivity contribution in [3.8, 4) is 11.3 Å². The van der Waals surface area contributed by atoms with E-state index in [1.54, 1.807) is 12.1 Å². The zero-order chi connectivity index (χ0) is 19.3. The second kappa shape index (κ2) is 8.37. The first-order chi connectivity index (χ1) is 13.7. The predicted molar refractivity (Wildman–Crippen MR) is 108 cm³/mol. The summed E-state index contributed by atoms with van der Waals surface area (Å²) in [5.41, 5.74) is 2.15. The molecular formula is C22H23N3O3. The van der Waals surface area contributed by atoms with E-state index in [0.29, 0.717) is 5.76 Å². The molecular weight excluding hydrogens is 354 g/mol. The molecule has 0 saturated carbocycles. The van der Waals surface area contributed by atoms with Gasteiger partial charge in [-0.1, -0.05) is 42.5 Å². The molecule has 2 heterocycles. The number of piperazine rings is 1. The number of nitro groups is 1. The topological polar surface area (TPSA) is 62.8 Å². The molecule has 0 N–H and O–H groups in total. The van der Waals surface area contributed by atoms with Crippen molar-refractivity contribution in [1.82, 2.24) is 9.80 Å². The Labute approximate surface area is 164 Å². The molecule has 3 aromatic rings. The van der Waals surface area contributed by atoms with Crippen LogP contribution in [-0.2, 0) is 13.1 Å². The third-order valence-corrected chi connectivity index (χ3v) is 5.10. The molecule has 1 fully saturated rings. The minimum Gasteiger partial charge on any atom is -0.460 e. The maximum atomic E-state index is 11.0. The normalized spacial score (nSPS) is 15.6. The van der Waals surface area contributed by atoms with E-state index in [2.05, 4.69) is 34.1 Å². The van der Waals surface area contributed by atoms with Crippen LogP contribution < -0.4 is 0 Å². The number of rotatable bonds is 6. The van der Waals surface area contributed by atoms with Crippen molar-refractivity contribution in [3.05, 3.63) is 88.2 Å². The Kier molecular flexibility index (Phi) is 5.50. The maximum Gasteiger partial charge on any atom is 0.270 e. The lowest BCUT2D eigenvalue weighted by Gasteiger charge is -2.34. The highest BCUT2D eigenvalue weighted by atomic mass is 16.6. The van der Waals surface area contributed by atoms with Crippen LogP contribution in [0.3, 0.4) is 0 Å². The first-order valence-corrected chi connectivity index (χ1v) is 9.49. The number of nitro benzene ring substituents is 1. The van der Waals surface area contributed by atoms with Gasteiger partial charge in [-0.3, -0.25) is 19.9 Å². The van der Waals surface area contributed by atoms with Gasteiger partial charge in [-0.15, -0.1) is 0 Å². The molecule has 4 rings (SSSR count). The second-order valence-corrected chi connectivity index (χ2v) is 7.11. The zero-order valence-corrected chi connectivity index (χ0v) is 15.7.